The number of benzene rings is 2. The Morgan fingerprint density at radius 3 is 2.63 bits per heavy atom. The fourth-order valence-corrected chi connectivity index (χ4v) is 3.48. The van der Waals surface area contributed by atoms with Crippen LogP contribution in [0, 0.1) is 0 Å². The van der Waals surface area contributed by atoms with Gasteiger partial charge in [-0.1, -0.05) is 61.5 Å². The Labute approximate surface area is 177 Å². The van der Waals surface area contributed by atoms with Crippen molar-refractivity contribution in [2.24, 2.45) is 0 Å². The van der Waals surface area contributed by atoms with Crippen LogP contribution >= 0.6 is 0 Å². The van der Waals surface area contributed by atoms with Gasteiger partial charge >= 0.3 is 0 Å². The molecule has 1 aliphatic rings. The number of hydrogen-bond donors (Lipinski definition) is 2. The molecular formula is C25H28N2O3. The molecule has 156 valence electrons. The second-order valence-electron chi connectivity index (χ2n) is 7.26. The lowest BCUT2D eigenvalue weighted by atomic mass is 10.0. The second kappa shape index (κ2) is 10.4. The number of carbonyl (C=O) groups is 2. The van der Waals surface area contributed by atoms with Crippen LogP contribution in [0.25, 0.3) is 0 Å². The number of nitrogens with one attached hydrogen (secondary N) is 2. The summed E-state index contributed by atoms with van der Waals surface area (Å²) >= 11 is 0. The Morgan fingerprint density at radius 2 is 1.90 bits per heavy atom. The van der Waals surface area contributed by atoms with Crippen molar-refractivity contribution in [2.45, 2.75) is 38.6 Å². The van der Waals surface area contributed by atoms with Gasteiger partial charge in [-0.3, -0.25) is 9.59 Å². The molecule has 0 saturated heterocycles. The third-order valence-corrected chi connectivity index (χ3v) is 5.09. The average Bonchev–Trinajstić information content (AvgIpc) is 2.92. The van der Waals surface area contributed by atoms with Crippen LogP contribution in [0.2, 0.25) is 0 Å². The van der Waals surface area contributed by atoms with Gasteiger partial charge in [0.2, 0.25) is 5.91 Å². The highest BCUT2D eigenvalue weighted by Gasteiger charge is 2.25. The Hall–Kier alpha value is -3.34. The van der Waals surface area contributed by atoms with E-state index in [0.29, 0.717) is 30.6 Å². The monoisotopic (exact) mass is 404 g/mol. The number of allylic oxidation sites excluding steroid dienone is 2. The summed E-state index contributed by atoms with van der Waals surface area (Å²) < 4.78 is 5.52. The van der Waals surface area contributed by atoms with E-state index in [9.17, 15) is 9.59 Å². The number of carbonyl (C=O) groups excluding carboxylic acids is 2. The molecule has 0 spiro atoms. The molecule has 5 nitrogen and oxygen atoms in total. The number of ether oxygens (including phenoxy) is 1. The van der Waals surface area contributed by atoms with Crippen molar-refractivity contribution >= 4 is 17.5 Å². The van der Waals surface area contributed by atoms with Crippen molar-refractivity contribution in [1.82, 2.24) is 5.32 Å². The Morgan fingerprint density at radius 1 is 1.17 bits per heavy atom. The number of fused-ring (bicyclic) bond motifs is 1. The molecule has 0 fully saturated rings. The van der Waals surface area contributed by atoms with E-state index in [1.807, 2.05) is 67.6 Å². The maximum absolute atomic E-state index is 13.0. The van der Waals surface area contributed by atoms with E-state index in [-0.39, 0.29) is 11.8 Å². The van der Waals surface area contributed by atoms with Crippen LogP contribution in [-0.2, 0) is 27.2 Å². The van der Waals surface area contributed by atoms with E-state index < -0.39 is 6.04 Å². The highest BCUT2D eigenvalue weighted by atomic mass is 16.5. The first-order valence-electron chi connectivity index (χ1n) is 10.3. The topological polar surface area (TPSA) is 67.4 Å². The smallest absolute Gasteiger partial charge is 0.251 e. The first-order valence-corrected chi connectivity index (χ1v) is 10.3. The van der Waals surface area contributed by atoms with Gasteiger partial charge in [0.1, 0.15) is 11.8 Å². The predicted molar refractivity (Wildman–Crippen MR) is 119 cm³/mol. The Bertz CT molecular complexity index is 948. The number of para-hydroxylation sites is 1. The molecule has 3 rings (SSSR count). The third-order valence-electron chi connectivity index (χ3n) is 5.09. The number of amides is 2. The van der Waals surface area contributed by atoms with Crippen molar-refractivity contribution in [1.29, 1.82) is 0 Å². The van der Waals surface area contributed by atoms with Gasteiger partial charge in [0, 0.05) is 17.7 Å². The maximum atomic E-state index is 13.0. The summed E-state index contributed by atoms with van der Waals surface area (Å²) in [5.41, 5.74) is 3.49. The molecule has 2 aromatic rings. The van der Waals surface area contributed by atoms with Crippen LogP contribution < -0.4 is 10.6 Å². The summed E-state index contributed by atoms with van der Waals surface area (Å²) in [7, 11) is 1.60. The fraction of sp³-hybridized carbons (Fsp3) is 0.280. The van der Waals surface area contributed by atoms with Crippen LogP contribution in [0.1, 0.15) is 30.9 Å². The van der Waals surface area contributed by atoms with E-state index in [1.165, 1.54) is 0 Å². The molecular weight excluding hydrogens is 376 g/mol. The molecule has 2 amide bonds. The number of anilines is 1. The van der Waals surface area contributed by atoms with Gasteiger partial charge in [0.25, 0.3) is 5.91 Å². The van der Waals surface area contributed by atoms with Gasteiger partial charge in [-0.05, 0) is 42.5 Å². The Balaban J connectivity index is 1.72. The number of aryl methyl sites for hydroxylation is 1. The molecule has 5 heteroatoms. The minimum Gasteiger partial charge on any atom is -0.501 e. The molecule has 0 radical (unpaired) electrons. The lowest BCUT2D eigenvalue weighted by Gasteiger charge is -2.16. The largest absolute Gasteiger partial charge is 0.501 e. The van der Waals surface area contributed by atoms with Crippen molar-refractivity contribution in [2.75, 3.05) is 12.4 Å². The van der Waals surface area contributed by atoms with Crippen molar-refractivity contribution in [3.63, 3.8) is 0 Å². The van der Waals surface area contributed by atoms with Crippen molar-refractivity contribution < 1.29 is 14.3 Å². The van der Waals surface area contributed by atoms with Crippen LogP contribution in [0.4, 0.5) is 5.69 Å². The molecule has 0 bridgehead atoms. The van der Waals surface area contributed by atoms with Gasteiger partial charge in [-0.25, -0.2) is 0 Å². The van der Waals surface area contributed by atoms with Gasteiger partial charge in [-0.2, -0.15) is 0 Å². The molecule has 1 aliphatic heterocycles. The summed E-state index contributed by atoms with van der Waals surface area (Å²) in [5.74, 6) is 0.226. The zero-order chi connectivity index (χ0) is 21.3. The minimum atomic E-state index is -0.585. The maximum Gasteiger partial charge on any atom is 0.251 e. The summed E-state index contributed by atoms with van der Waals surface area (Å²) in [6.45, 7) is 1.97. The summed E-state index contributed by atoms with van der Waals surface area (Å²) in [6.07, 6.45) is 6.17. The molecule has 1 heterocycles. The first-order chi connectivity index (χ1) is 14.6. The normalized spacial score (nSPS) is 16.9. The fourth-order valence-electron chi connectivity index (χ4n) is 3.48. The summed E-state index contributed by atoms with van der Waals surface area (Å²) in [4.78, 5) is 25.6. The predicted octanol–water partition coefficient (Wildman–Crippen LogP) is 4.17. The molecule has 0 unspecified atom stereocenters. The highest BCUT2D eigenvalue weighted by molar-refractivity contribution is 6.02. The second-order valence-corrected chi connectivity index (χ2v) is 7.26. The Kier molecular flexibility index (Phi) is 7.44. The quantitative estimate of drug-likeness (QED) is 0.414. The van der Waals surface area contributed by atoms with E-state index in [4.69, 9.17) is 4.74 Å². The number of hydrogen-bond acceptors (Lipinski definition) is 3. The minimum absolute atomic E-state index is 0.190. The van der Waals surface area contributed by atoms with Gasteiger partial charge in [0.05, 0.1) is 7.11 Å². The van der Waals surface area contributed by atoms with Crippen LogP contribution in [0.15, 0.2) is 78.1 Å². The van der Waals surface area contributed by atoms with Crippen LogP contribution in [-0.4, -0.2) is 25.0 Å². The van der Waals surface area contributed by atoms with Gasteiger partial charge in [-0.15, -0.1) is 0 Å². The van der Waals surface area contributed by atoms with E-state index in [0.717, 1.165) is 23.2 Å². The molecule has 1 atom stereocenters. The van der Waals surface area contributed by atoms with Crippen LogP contribution in [0.5, 0.6) is 0 Å². The SMILES string of the molecule is CC/C=C(/C=C(/Cc1ccccc1)OC)C(=O)N[C@H]1CCc2ccccc2NC1=O. The summed E-state index contributed by atoms with van der Waals surface area (Å²) in [6, 6.07) is 17.1. The van der Waals surface area contributed by atoms with Crippen molar-refractivity contribution in [3.8, 4) is 0 Å². The van der Waals surface area contributed by atoms with E-state index in [1.54, 1.807) is 13.2 Å². The standard InChI is InChI=1S/C25H28N2O3/c1-3-9-20(17-21(30-2)16-18-10-5-4-6-11-18)24(28)27-23-15-14-19-12-7-8-13-22(19)26-25(23)29/h4-13,17,23H,3,14-16H2,1-2H3,(H,26,29)(H,27,28)/b20-9-,21-17-/t23-/m0/s1. The summed E-state index contributed by atoms with van der Waals surface area (Å²) in [5, 5.41) is 5.82. The highest BCUT2D eigenvalue weighted by Crippen LogP contribution is 2.22. The molecule has 0 aliphatic carbocycles. The molecule has 0 saturated carbocycles. The zero-order valence-electron chi connectivity index (χ0n) is 17.5. The average molecular weight is 405 g/mol. The zero-order valence-corrected chi connectivity index (χ0v) is 17.5. The third kappa shape index (κ3) is 5.60. The molecule has 30 heavy (non-hydrogen) atoms. The first kappa shape index (κ1) is 21.4. The lowest BCUT2D eigenvalue weighted by Crippen LogP contribution is -2.43. The number of methoxy groups -OCH3 is 1. The van der Waals surface area contributed by atoms with E-state index in [2.05, 4.69) is 10.6 Å². The van der Waals surface area contributed by atoms with Crippen molar-refractivity contribution in [3.05, 3.63) is 89.2 Å². The molecule has 2 aromatic carbocycles. The van der Waals surface area contributed by atoms with Gasteiger partial charge < -0.3 is 15.4 Å². The number of rotatable bonds is 7. The van der Waals surface area contributed by atoms with Crippen LogP contribution in [0.3, 0.4) is 0 Å². The molecule has 2 N–H and O–H groups in total. The van der Waals surface area contributed by atoms with Gasteiger partial charge in [0.15, 0.2) is 0 Å². The lowest BCUT2D eigenvalue weighted by molar-refractivity contribution is -0.124. The molecule has 0 aromatic heterocycles. The van der Waals surface area contributed by atoms with E-state index >= 15 is 0 Å².